The van der Waals surface area contributed by atoms with Gasteiger partial charge in [-0.15, -0.1) is 0 Å². The molecule has 36 heavy (non-hydrogen) atoms. The second-order valence-electron chi connectivity index (χ2n) is 8.00. The van der Waals surface area contributed by atoms with Crippen molar-refractivity contribution in [3.63, 3.8) is 0 Å². The van der Waals surface area contributed by atoms with E-state index in [2.05, 4.69) is 15.3 Å². The Morgan fingerprint density at radius 1 is 1.00 bits per heavy atom. The maximum Gasteiger partial charge on any atom is 0.354 e. The Balaban J connectivity index is 1.66. The molecule has 0 amide bonds. The molecular formula is C25H22ClN5O5. The Bertz CT molecular complexity index is 1470. The molecule has 1 atom stereocenters. The average molecular weight is 508 g/mol. The van der Waals surface area contributed by atoms with Gasteiger partial charge in [0.2, 0.25) is 5.95 Å². The summed E-state index contributed by atoms with van der Waals surface area (Å²) in [7, 11) is 0. The van der Waals surface area contributed by atoms with Crippen LogP contribution in [0.2, 0.25) is 5.02 Å². The highest BCUT2D eigenvalue weighted by atomic mass is 35.5. The Morgan fingerprint density at radius 3 is 2.28 bits per heavy atom. The lowest BCUT2D eigenvalue weighted by atomic mass is 10.2. The van der Waals surface area contributed by atoms with E-state index in [-0.39, 0.29) is 19.0 Å². The van der Waals surface area contributed by atoms with Gasteiger partial charge in [-0.2, -0.15) is 4.98 Å². The molecule has 0 saturated heterocycles. The maximum absolute atomic E-state index is 13.3. The number of halogens is 1. The van der Waals surface area contributed by atoms with Crippen molar-refractivity contribution in [3.8, 4) is 11.5 Å². The number of aromatic nitrogens is 4. The van der Waals surface area contributed by atoms with Crippen molar-refractivity contribution in [3.05, 3.63) is 105 Å². The van der Waals surface area contributed by atoms with Gasteiger partial charge < -0.3 is 15.2 Å². The molecule has 4 rings (SSSR count). The van der Waals surface area contributed by atoms with Crippen molar-refractivity contribution in [2.75, 3.05) is 5.32 Å². The van der Waals surface area contributed by atoms with Crippen LogP contribution in [0, 0.1) is 5.92 Å². The van der Waals surface area contributed by atoms with Crippen LogP contribution in [0.4, 0.5) is 11.6 Å². The number of carboxylic acids is 1. The summed E-state index contributed by atoms with van der Waals surface area (Å²) in [5, 5.41) is 12.8. The lowest BCUT2D eigenvalue weighted by molar-refractivity contribution is -0.141. The molecular weight excluding hydrogens is 486 g/mol. The smallest absolute Gasteiger partial charge is 0.354 e. The van der Waals surface area contributed by atoms with Crippen molar-refractivity contribution < 1.29 is 14.6 Å². The minimum absolute atomic E-state index is 0.0157. The Kier molecular flexibility index (Phi) is 7.45. The first-order chi connectivity index (χ1) is 17.3. The molecule has 4 aromatic rings. The van der Waals surface area contributed by atoms with Crippen LogP contribution in [0.15, 0.2) is 82.6 Å². The van der Waals surface area contributed by atoms with E-state index < -0.39 is 23.3 Å². The van der Waals surface area contributed by atoms with Gasteiger partial charge in [0.1, 0.15) is 11.5 Å². The molecule has 10 nitrogen and oxygen atoms in total. The fourth-order valence-electron chi connectivity index (χ4n) is 3.33. The van der Waals surface area contributed by atoms with Gasteiger partial charge in [-0.1, -0.05) is 30.7 Å². The van der Waals surface area contributed by atoms with Gasteiger partial charge in [0.25, 0.3) is 0 Å². The van der Waals surface area contributed by atoms with Crippen molar-refractivity contribution >= 4 is 29.2 Å². The molecule has 2 aromatic heterocycles. The molecule has 2 aromatic carbocycles. The first-order valence-corrected chi connectivity index (χ1v) is 11.3. The standard InChI is InChI=1S/C25H22ClN5O5/c1-16(22(32)33)14-31-24(34)29-23(30(25(31)35)15-17-2-4-18(26)5-3-17)28-19-6-8-20(9-7-19)36-21-10-12-27-13-11-21/h2-13,16H,14-15H2,1H3,(H,32,33)(H,28,29,34)/t16-/m0/s1. The number of ether oxygens (including phenoxy) is 1. The fourth-order valence-corrected chi connectivity index (χ4v) is 3.45. The summed E-state index contributed by atoms with van der Waals surface area (Å²) in [6.45, 7) is 1.19. The van der Waals surface area contributed by atoms with Gasteiger partial charge in [-0.05, 0) is 54.1 Å². The van der Waals surface area contributed by atoms with Crippen molar-refractivity contribution in [2.45, 2.75) is 20.0 Å². The Hall–Kier alpha value is -4.44. The third-order valence-electron chi connectivity index (χ3n) is 5.28. The minimum Gasteiger partial charge on any atom is -0.481 e. The molecule has 0 fully saturated rings. The molecule has 0 aliphatic rings. The van der Waals surface area contributed by atoms with E-state index in [4.69, 9.17) is 16.3 Å². The number of nitrogens with one attached hydrogen (secondary N) is 1. The molecule has 0 spiro atoms. The van der Waals surface area contributed by atoms with E-state index >= 15 is 0 Å². The van der Waals surface area contributed by atoms with Gasteiger partial charge in [0.05, 0.1) is 12.5 Å². The number of pyridine rings is 1. The first-order valence-electron chi connectivity index (χ1n) is 10.9. The number of hydrogen-bond donors (Lipinski definition) is 2. The molecule has 2 heterocycles. The lowest BCUT2D eigenvalue weighted by Gasteiger charge is -2.17. The number of aliphatic carboxylic acids is 1. The van der Waals surface area contributed by atoms with Crippen LogP contribution >= 0.6 is 11.6 Å². The summed E-state index contributed by atoms with van der Waals surface area (Å²) in [6.07, 6.45) is 3.24. The fraction of sp³-hybridized carbons (Fsp3) is 0.160. The highest BCUT2D eigenvalue weighted by molar-refractivity contribution is 6.30. The predicted molar refractivity (Wildman–Crippen MR) is 134 cm³/mol. The van der Waals surface area contributed by atoms with E-state index in [1.54, 1.807) is 73.1 Å². The number of carbonyl (C=O) groups is 1. The molecule has 0 unspecified atom stereocenters. The summed E-state index contributed by atoms with van der Waals surface area (Å²) >= 11 is 5.97. The van der Waals surface area contributed by atoms with Gasteiger partial charge in [0.15, 0.2) is 0 Å². The van der Waals surface area contributed by atoms with Crippen LogP contribution in [0.1, 0.15) is 12.5 Å². The molecule has 11 heteroatoms. The van der Waals surface area contributed by atoms with Crippen LogP contribution in [0.3, 0.4) is 0 Å². The molecule has 184 valence electrons. The summed E-state index contributed by atoms with van der Waals surface area (Å²) < 4.78 is 7.86. The zero-order valence-electron chi connectivity index (χ0n) is 19.2. The van der Waals surface area contributed by atoms with Crippen molar-refractivity contribution in [1.82, 2.24) is 19.1 Å². The van der Waals surface area contributed by atoms with Crippen LogP contribution in [0.5, 0.6) is 11.5 Å². The van der Waals surface area contributed by atoms with Crippen molar-refractivity contribution in [2.24, 2.45) is 5.92 Å². The third-order valence-corrected chi connectivity index (χ3v) is 5.53. The van der Waals surface area contributed by atoms with Crippen LogP contribution in [-0.4, -0.2) is 30.2 Å². The Morgan fingerprint density at radius 2 is 1.64 bits per heavy atom. The summed E-state index contributed by atoms with van der Waals surface area (Å²) in [5.74, 6) is -0.851. The summed E-state index contributed by atoms with van der Waals surface area (Å²) in [6, 6.07) is 17.2. The van der Waals surface area contributed by atoms with Gasteiger partial charge in [-0.25, -0.2) is 14.2 Å². The number of carboxylic acid groups (broad SMARTS) is 1. The highest BCUT2D eigenvalue weighted by Gasteiger charge is 2.19. The van der Waals surface area contributed by atoms with Gasteiger partial charge in [0, 0.05) is 29.6 Å². The zero-order valence-corrected chi connectivity index (χ0v) is 19.9. The number of anilines is 2. The van der Waals surface area contributed by atoms with Gasteiger partial charge >= 0.3 is 17.3 Å². The first kappa shape index (κ1) is 24.7. The van der Waals surface area contributed by atoms with Crippen LogP contribution in [0.25, 0.3) is 0 Å². The number of rotatable bonds is 9. The van der Waals surface area contributed by atoms with Crippen LogP contribution < -0.4 is 21.4 Å². The quantitative estimate of drug-likeness (QED) is 0.350. The normalized spacial score (nSPS) is 11.6. The molecule has 0 aliphatic heterocycles. The predicted octanol–water partition coefficient (Wildman–Crippen LogP) is 3.76. The lowest BCUT2D eigenvalue weighted by Crippen LogP contribution is -2.44. The number of nitrogens with zero attached hydrogens (tertiary/aromatic N) is 4. The molecule has 0 bridgehead atoms. The zero-order chi connectivity index (χ0) is 25.7. The molecule has 0 aliphatic carbocycles. The maximum atomic E-state index is 13.3. The van der Waals surface area contributed by atoms with Crippen LogP contribution in [-0.2, 0) is 17.9 Å². The van der Waals surface area contributed by atoms with E-state index in [0.717, 1.165) is 10.1 Å². The monoisotopic (exact) mass is 507 g/mol. The minimum atomic E-state index is -1.12. The number of hydrogen-bond acceptors (Lipinski definition) is 7. The largest absolute Gasteiger partial charge is 0.481 e. The average Bonchev–Trinajstić information content (AvgIpc) is 2.87. The number of benzene rings is 2. The SMILES string of the molecule is C[C@@H](Cn1c(=O)nc(Nc2ccc(Oc3ccncc3)cc2)n(Cc2ccc(Cl)cc2)c1=O)C(=O)O. The van der Waals surface area contributed by atoms with E-state index in [1.807, 2.05) is 0 Å². The summed E-state index contributed by atoms with van der Waals surface area (Å²) in [4.78, 5) is 45.3. The van der Waals surface area contributed by atoms with Gasteiger partial charge in [-0.3, -0.25) is 14.3 Å². The molecule has 0 radical (unpaired) electrons. The second-order valence-corrected chi connectivity index (χ2v) is 8.43. The van der Waals surface area contributed by atoms with E-state index in [1.165, 1.54) is 11.5 Å². The molecule has 2 N–H and O–H groups in total. The highest BCUT2D eigenvalue weighted by Crippen LogP contribution is 2.23. The third kappa shape index (κ3) is 5.97. The van der Waals surface area contributed by atoms with E-state index in [0.29, 0.717) is 22.2 Å². The topological polar surface area (TPSA) is 128 Å². The van der Waals surface area contributed by atoms with E-state index in [9.17, 15) is 19.5 Å². The van der Waals surface area contributed by atoms with Crippen molar-refractivity contribution in [1.29, 1.82) is 0 Å². The molecule has 0 saturated carbocycles. The summed E-state index contributed by atoms with van der Waals surface area (Å²) in [5.41, 5.74) is -0.229. The second kappa shape index (κ2) is 10.9. The Labute approximate surface area is 210 Å².